The van der Waals surface area contributed by atoms with Gasteiger partial charge in [0.05, 0.1) is 23.0 Å². The quantitative estimate of drug-likeness (QED) is 0.253. The lowest BCUT2D eigenvalue weighted by atomic mass is 9.99. The van der Waals surface area contributed by atoms with Crippen molar-refractivity contribution in [2.24, 2.45) is 0 Å². The van der Waals surface area contributed by atoms with Gasteiger partial charge in [-0.15, -0.1) is 0 Å². The average Bonchev–Trinajstić information content (AvgIpc) is 3.08. The lowest BCUT2D eigenvalue weighted by molar-refractivity contribution is 0.0927. The molecule has 0 aliphatic carbocycles. The van der Waals surface area contributed by atoms with Crippen molar-refractivity contribution in [3.63, 3.8) is 0 Å². The largest absolute Gasteiger partial charge is 0.345 e. The number of nitrogens with one attached hydrogen (secondary N) is 1. The van der Waals surface area contributed by atoms with Crippen molar-refractivity contribution in [3.05, 3.63) is 112 Å². The third-order valence-electron chi connectivity index (χ3n) is 9.44. The summed E-state index contributed by atoms with van der Waals surface area (Å²) >= 11 is 0. The molecule has 0 spiro atoms. The zero-order valence-electron chi connectivity index (χ0n) is 26.3. The van der Waals surface area contributed by atoms with E-state index in [2.05, 4.69) is 20.0 Å². The zero-order valence-corrected chi connectivity index (χ0v) is 26.3. The average molecular weight is 610 g/mol. The lowest BCUT2D eigenvalue weighted by Gasteiger charge is -2.37. The summed E-state index contributed by atoms with van der Waals surface area (Å²) in [6, 6.07) is 23.3. The van der Waals surface area contributed by atoms with Crippen molar-refractivity contribution in [2.45, 2.75) is 45.2 Å². The van der Waals surface area contributed by atoms with Crippen molar-refractivity contribution < 1.29 is 9.18 Å². The highest BCUT2D eigenvalue weighted by Crippen LogP contribution is 2.27. The molecule has 1 amide bonds. The molecule has 236 valence electrons. The Kier molecular flexibility index (Phi) is 10.0. The molecule has 0 saturated carbocycles. The number of fused-ring (bicyclic) bond motifs is 1. The molecular weight excluding hydrogens is 565 g/mol. The van der Waals surface area contributed by atoms with Crippen LogP contribution in [0.2, 0.25) is 0 Å². The molecule has 1 aromatic heterocycles. The fourth-order valence-electron chi connectivity index (χ4n) is 6.87. The number of rotatable bonds is 10. The van der Waals surface area contributed by atoms with Gasteiger partial charge in [-0.25, -0.2) is 4.39 Å². The van der Waals surface area contributed by atoms with Crippen LogP contribution in [0.25, 0.3) is 16.5 Å². The fourth-order valence-corrected chi connectivity index (χ4v) is 6.87. The Labute approximate surface area is 265 Å². The normalized spacial score (nSPS) is 17.4. The first-order valence-corrected chi connectivity index (χ1v) is 16.5. The molecule has 3 aromatic carbocycles. The number of piperazine rings is 1. The first-order valence-electron chi connectivity index (χ1n) is 16.5. The van der Waals surface area contributed by atoms with Crippen LogP contribution in [0, 0.1) is 5.82 Å². The van der Waals surface area contributed by atoms with Crippen molar-refractivity contribution in [1.82, 2.24) is 24.6 Å². The van der Waals surface area contributed by atoms with Gasteiger partial charge < -0.3 is 10.2 Å². The Hall–Kier alpha value is -3.85. The second kappa shape index (κ2) is 14.5. The summed E-state index contributed by atoms with van der Waals surface area (Å²) in [6.07, 6.45) is 4.63. The molecule has 45 heavy (non-hydrogen) atoms. The third-order valence-corrected chi connectivity index (χ3v) is 9.44. The maximum Gasteiger partial charge on any atom is 0.263 e. The Balaban J connectivity index is 1.35. The number of carbonyl (C=O) groups excluding carboxylic acids is 1. The molecule has 7 nitrogen and oxygen atoms in total. The summed E-state index contributed by atoms with van der Waals surface area (Å²) in [4.78, 5) is 35.9. The molecule has 1 atom stereocenters. The number of pyridine rings is 1. The number of carbonyl (C=O) groups is 1. The Morgan fingerprint density at radius 2 is 1.36 bits per heavy atom. The number of amides is 1. The molecule has 0 unspecified atom stereocenters. The number of hydrogen-bond donors (Lipinski definition) is 1. The van der Waals surface area contributed by atoms with Crippen molar-refractivity contribution in [1.29, 1.82) is 0 Å². The zero-order chi connectivity index (χ0) is 31.2. The summed E-state index contributed by atoms with van der Waals surface area (Å²) in [7, 11) is 0. The predicted octanol–water partition coefficient (Wildman–Crippen LogP) is 5.61. The molecule has 8 heteroatoms. The van der Waals surface area contributed by atoms with Gasteiger partial charge in [-0.2, -0.15) is 0 Å². The molecule has 2 saturated heterocycles. The van der Waals surface area contributed by atoms with Crippen molar-refractivity contribution in [3.8, 4) is 5.69 Å². The van der Waals surface area contributed by atoms with Crippen LogP contribution in [-0.4, -0.2) is 77.5 Å². The van der Waals surface area contributed by atoms with Crippen molar-refractivity contribution >= 4 is 16.7 Å². The minimum Gasteiger partial charge on any atom is -0.345 e. The number of nitrogens with zero attached hydrogens (tertiary/aromatic N) is 4. The molecule has 4 aromatic rings. The molecule has 2 aliphatic heterocycles. The number of halogens is 1. The number of hydrogen-bond acceptors (Lipinski definition) is 5. The number of likely N-dealkylation sites (tertiary alicyclic amines) is 1. The van der Waals surface area contributed by atoms with Gasteiger partial charge in [-0.3, -0.25) is 24.0 Å². The topological polar surface area (TPSA) is 60.8 Å². The van der Waals surface area contributed by atoms with Crippen LogP contribution < -0.4 is 10.9 Å². The van der Waals surface area contributed by atoms with E-state index in [1.54, 1.807) is 30.3 Å². The number of aromatic nitrogens is 1. The predicted molar refractivity (Wildman–Crippen MR) is 178 cm³/mol. The molecule has 2 aliphatic rings. The molecule has 1 N–H and O–H groups in total. The Morgan fingerprint density at radius 1 is 0.756 bits per heavy atom. The van der Waals surface area contributed by atoms with Crippen LogP contribution in [0.15, 0.2) is 83.7 Å². The number of para-hydroxylation sites is 1. The highest BCUT2D eigenvalue weighted by atomic mass is 19.1. The van der Waals surface area contributed by atoms with Gasteiger partial charge in [0.2, 0.25) is 0 Å². The molecule has 2 fully saturated rings. The van der Waals surface area contributed by atoms with E-state index in [9.17, 15) is 9.59 Å². The van der Waals surface area contributed by atoms with E-state index in [4.69, 9.17) is 0 Å². The third kappa shape index (κ3) is 7.03. The van der Waals surface area contributed by atoms with E-state index < -0.39 is 5.82 Å². The van der Waals surface area contributed by atoms with Gasteiger partial charge in [0, 0.05) is 56.6 Å². The van der Waals surface area contributed by atoms with E-state index in [1.165, 1.54) is 43.0 Å². The summed E-state index contributed by atoms with van der Waals surface area (Å²) in [5.74, 6) is -0.761. The summed E-state index contributed by atoms with van der Waals surface area (Å²) < 4.78 is 16.9. The molecular formula is C37H44FN5O2. The second-order valence-electron chi connectivity index (χ2n) is 12.3. The van der Waals surface area contributed by atoms with Gasteiger partial charge in [-0.1, -0.05) is 74.0 Å². The van der Waals surface area contributed by atoms with Gasteiger partial charge in [-0.05, 0) is 56.1 Å². The van der Waals surface area contributed by atoms with Gasteiger partial charge in [0.25, 0.3) is 11.5 Å². The van der Waals surface area contributed by atoms with Crippen LogP contribution in [0.5, 0.6) is 0 Å². The molecule has 0 bridgehead atoms. The molecule has 6 rings (SSSR count). The monoisotopic (exact) mass is 609 g/mol. The van der Waals surface area contributed by atoms with E-state index in [0.29, 0.717) is 35.0 Å². The van der Waals surface area contributed by atoms with Crippen LogP contribution in [0.1, 0.15) is 60.3 Å². The van der Waals surface area contributed by atoms with Gasteiger partial charge in [0.1, 0.15) is 5.82 Å². The SMILES string of the molecule is CC[C@H](NC(=O)c1c(CN2CCN(CCN3CCCCC3)CC2)n(-c2ccccc2F)c(=O)c2ccccc12)c1ccccc1. The van der Waals surface area contributed by atoms with Crippen LogP contribution >= 0.6 is 0 Å². The summed E-state index contributed by atoms with van der Waals surface area (Å²) in [5.41, 5.74) is 1.80. The second-order valence-corrected chi connectivity index (χ2v) is 12.3. The molecule has 0 radical (unpaired) electrons. The lowest BCUT2D eigenvalue weighted by Crippen LogP contribution is -2.49. The van der Waals surface area contributed by atoms with E-state index in [-0.39, 0.29) is 23.2 Å². The van der Waals surface area contributed by atoms with Crippen molar-refractivity contribution in [2.75, 3.05) is 52.4 Å². The van der Waals surface area contributed by atoms with Crippen LogP contribution in [0.4, 0.5) is 4.39 Å². The van der Waals surface area contributed by atoms with Crippen LogP contribution in [0.3, 0.4) is 0 Å². The number of benzene rings is 3. The minimum atomic E-state index is -0.499. The highest BCUT2D eigenvalue weighted by molar-refractivity contribution is 6.08. The van der Waals surface area contributed by atoms with Gasteiger partial charge in [0.15, 0.2) is 0 Å². The fraction of sp³-hybridized carbons (Fsp3) is 0.405. The van der Waals surface area contributed by atoms with E-state index >= 15 is 4.39 Å². The highest BCUT2D eigenvalue weighted by Gasteiger charge is 2.28. The van der Waals surface area contributed by atoms with E-state index in [0.717, 1.165) is 44.8 Å². The Morgan fingerprint density at radius 3 is 2.04 bits per heavy atom. The minimum absolute atomic E-state index is 0.160. The first kappa shape index (κ1) is 31.1. The first-order chi connectivity index (χ1) is 22.0. The standard InChI is InChI=1S/C37H44FN5O2/c1-2-32(28-13-5-3-6-14-28)39-36(44)35-29-15-7-8-16-30(29)37(45)43(33-18-10-9-17-31(33)38)34(35)27-42-25-23-41(24-26-42)22-21-40-19-11-4-12-20-40/h3,5-10,13-18,32H,2,4,11-12,19-27H2,1H3,(H,39,44)/t32-/m0/s1. The Bertz CT molecular complexity index is 1660. The molecule has 3 heterocycles. The maximum absolute atomic E-state index is 15.4. The maximum atomic E-state index is 15.4. The number of piperidine rings is 1. The summed E-state index contributed by atoms with van der Waals surface area (Å²) in [6.45, 7) is 10.4. The summed E-state index contributed by atoms with van der Waals surface area (Å²) in [5, 5.41) is 4.24. The smallest absolute Gasteiger partial charge is 0.263 e. The van der Waals surface area contributed by atoms with Crippen LogP contribution in [-0.2, 0) is 6.54 Å². The van der Waals surface area contributed by atoms with Gasteiger partial charge >= 0.3 is 0 Å². The van der Waals surface area contributed by atoms with E-state index in [1.807, 2.05) is 49.4 Å².